The zero-order valence-electron chi connectivity index (χ0n) is 15.8. The van der Waals surface area contributed by atoms with E-state index in [0.29, 0.717) is 6.54 Å². The lowest BCUT2D eigenvalue weighted by molar-refractivity contribution is 0.753. The van der Waals surface area contributed by atoms with Crippen LogP contribution in [0.3, 0.4) is 0 Å². The van der Waals surface area contributed by atoms with Crippen molar-refractivity contribution in [1.82, 2.24) is 25.4 Å². The van der Waals surface area contributed by atoms with Gasteiger partial charge in [-0.05, 0) is 37.1 Å². The van der Waals surface area contributed by atoms with E-state index >= 15 is 0 Å². The van der Waals surface area contributed by atoms with E-state index in [-0.39, 0.29) is 24.0 Å². The normalized spacial score (nSPS) is 11.0. The van der Waals surface area contributed by atoms with Gasteiger partial charge in [0, 0.05) is 19.3 Å². The molecule has 3 aromatic rings. The van der Waals surface area contributed by atoms with Gasteiger partial charge in [-0.1, -0.05) is 42.0 Å². The Morgan fingerprint density at radius 2 is 1.78 bits per heavy atom. The van der Waals surface area contributed by atoms with Gasteiger partial charge < -0.3 is 10.6 Å². The number of rotatable bonds is 5. The van der Waals surface area contributed by atoms with Crippen molar-refractivity contribution in [1.29, 1.82) is 0 Å². The van der Waals surface area contributed by atoms with Gasteiger partial charge in [0.15, 0.2) is 11.8 Å². The number of hydrogen-bond donors (Lipinski definition) is 2. The van der Waals surface area contributed by atoms with Gasteiger partial charge in [0.1, 0.15) is 6.33 Å². The fourth-order valence-corrected chi connectivity index (χ4v) is 2.79. The van der Waals surface area contributed by atoms with Gasteiger partial charge in [0.05, 0.1) is 6.54 Å². The van der Waals surface area contributed by atoms with Gasteiger partial charge in [0.25, 0.3) is 0 Å². The van der Waals surface area contributed by atoms with Crippen LogP contribution in [0.5, 0.6) is 0 Å². The second-order valence-electron chi connectivity index (χ2n) is 6.16. The molecular formula is C20H25IN6. The molecule has 0 aliphatic rings. The van der Waals surface area contributed by atoms with Gasteiger partial charge in [-0.25, -0.2) is 0 Å². The summed E-state index contributed by atoms with van der Waals surface area (Å²) in [5.74, 6) is 1.55. The van der Waals surface area contributed by atoms with Crippen molar-refractivity contribution >= 4 is 29.9 Å². The molecule has 0 aliphatic heterocycles. The molecule has 0 atom stereocenters. The van der Waals surface area contributed by atoms with Gasteiger partial charge in [-0.2, -0.15) is 0 Å². The van der Waals surface area contributed by atoms with E-state index in [1.165, 1.54) is 16.7 Å². The summed E-state index contributed by atoms with van der Waals surface area (Å²) < 4.78 is 1.96. The van der Waals surface area contributed by atoms with E-state index in [1.54, 1.807) is 13.4 Å². The largest absolute Gasteiger partial charge is 0.352 e. The zero-order valence-corrected chi connectivity index (χ0v) is 18.1. The highest BCUT2D eigenvalue weighted by molar-refractivity contribution is 14.0. The van der Waals surface area contributed by atoms with E-state index in [1.807, 2.05) is 34.9 Å². The lowest BCUT2D eigenvalue weighted by Crippen LogP contribution is -2.37. The van der Waals surface area contributed by atoms with Crippen LogP contribution >= 0.6 is 24.0 Å². The lowest BCUT2D eigenvalue weighted by atomic mass is 10.1. The molecule has 0 saturated heterocycles. The van der Waals surface area contributed by atoms with Crippen molar-refractivity contribution in [3.05, 3.63) is 77.4 Å². The number of nitrogens with one attached hydrogen (secondary N) is 2. The van der Waals surface area contributed by atoms with Crippen LogP contribution in [0, 0.1) is 13.8 Å². The van der Waals surface area contributed by atoms with Gasteiger partial charge in [-0.15, -0.1) is 34.2 Å². The van der Waals surface area contributed by atoms with E-state index in [4.69, 9.17) is 0 Å². The monoisotopic (exact) mass is 476 g/mol. The minimum absolute atomic E-state index is 0. The van der Waals surface area contributed by atoms with Crippen LogP contribution in [0.1, 0.15) is 22.5 Å². The summed E-state index contributed by atoms with van der Waals surface area (Å²) in [6, 6.07) is 16.5. The number of aliphatic imine (C=N–C) groups is 1. The first-order chi connectivity index (χ1) is 12.7. The molecule has 0 unspecified atom stereocenters. The zero-order chi connectivity index (χ0) is 18.4. The SMILES string of the molecule is CN=C(NCc1ccc(C)cc1C)NCc1nncn1-c1ccccc1.I. The summed E-state index contributed by atoms with van der Waals surface area (Å²) in [4.78, 5) is 4.29. The van der Waals surface area contributed by atoms with E-state index in [2.05, 4.69) is 57.9 Å². The van der Waals surface area contributed by atoms with E-state index < -0.39 is 0 Å². The number of halogens is 1. The Labute approximate surface area is 177 Å². The Hall–Kier alpha value is -2.42. The van der Waals surface area contributed by atoms with Crippen molar-refractivity contribution in [3.63, 3.8) is 0 Å². The average molecular weight is 476 g/mol. The second kappa shape index (κ2) is 10.1. The third kappa shape index (κ3) is 5.53. The third-order valence-electron chi connectivity index (χ3n) is 4.23. The summed E-state index contributed by atoms with van der Waals surface area (Å²) in [5.41, 5.74) is 4.84. The highest BCUT2D eigenvalue weighted by atomic mass is 127. The van der Waals surface area contributed by atoms with E-state index in [0.717, 1.165) is 24.0 Å². The maximum Gasteiger partial charge on any atom is 0.191 e. The van der Waals surface area contributed by atoms with Crippen LogP contribution in [0.2, 0.25) is 0 Å². The fraction of sp³-hybridized carbons (Fsp3) is 0.250. The molecule has 7 heteroatoms. The van der Waals surface area contributed by atoms with Crippen molar-refractivity contribution in [2.75, 3.05) is 7.05 Å². The standard InChI is InChI=1S/C20H24N6.HI/c1-15-9-10-17(16(2)11-15)12-22-20(21-3)23-13-19-25-24-14-26(19)18-7-5-4-6-8-18;/h4-11,14H,12-13H2,1-3H3,(H2,21,22,23);1H. The number of benzene rings is 2. The van der Waals surface area contributed by atoms with Gasteiger partial charge in [-0.3, -0.25) is 9.56 Å². The quantitative estimate of drug-likeness (QED) is 0.337. The van der Waals surface area contributed by atoms with Crippen LogP contribution in [-0.4, -0.2) is 27.8 Å². The minimum atomic E-state index is 0. The molecule has 0 amide bonds. The highest BCUT2D eigenvalue weighted by Crippen LogP contribution is 2.10. The average Bonchev–Trinajstić information content (AvgIpc) is 3.12. The van der Waals surface area contributed by atoms with Gasteiger partial charge in [0.2, 0.25) is 0 Å². The minimum Gasteiger partial charge on any atom is -0.352 e. The molecular weight excluding hydrogens is 451 g/mol. The Kier molecular flexibility index (Phi) is 7.78. The Morgan fingerprint density at radius 1 is 1.04 bits per heavy atom. The van der Waals surface area contributed by atoms with Crippen LogP contribution in [-0.2, 0) is 13.1 Å². The maximum atomic E-state index is 4.29. The van der Waals surface area contributed by atoms with Crippen LogP contribution in [0.4, 0.5) is 0 Å². The molecule has 6 nitrogen and oxygen atoms in total. The lowest BCUT2D eigenvalue weighted by Gasteiger charge is -2.14. The molecule has 0 aliphatic carbocycles. The molecule has 1 heterocycles. The maximum absolute atomic E-state index is 4.29. The van der Waals surface area contributed by atoms with Crippen LogP contribution in [0.25, 0.3) is 5.69 Å². The second-order valence-corrected chi connectivity index (χ2v) is 6.16. The highest BCUT2D eigenvalue weighted by Gasteiger charge is 2.07. The molecule has 0 saturated carbocycles. The molecule has 0 bridgehead atoms. The smallest absolute Gasteiger partial charge is 0.191 e. The van der Waals surface area contributed by atoms with Crippen molar-refractivity contribution < 1.29 is 0 Å². The Balaban J connectivity index is 0.00000261. The molecule has 2 aromatic carbocycles. The van der Waals surface area contributed by atoms with Crippen molar-refractivity contribution in [2.24, 2.45) is 4.99 Å². The fourth-order valence-electron chi connectivity index (χ4n) is 2.79. The number of aromatic nitrogens is 3. The summed E-state index contributed by atoms with van der Waals surface area (Å²) >= 11 is 0. The van der Waals surface area contributed by atoms with Gasteiger partial charge >= 0.3 is 0 Å². The van der Waals surface area contributed by atoms with Crippen molar-refractivity contribution in [2.45, 2.75) is 26.9 Å². The first kappa shape index (κ1) is 20.9. The number of para-hydroxylation sites is 1. The predicted octanol–water partition coefficient (Wildman–Crippen LogP) is 3.37. The first-order valence-electron chi connectivity index (χ1n) is 8.62. The number of hydrogen-bond acceptors (Lipinski definition) is 3. The molecule has 1 aromatic heterocycles. The topological polar surface area (TPSA) is 67.1 Å². The third-order valence-corrected chi connectivity index (χ3v) is 4.23. The molecule has 2 N–H and O–H groups in total. The first-order valence-corrected chi connectivity index (χ1v) is 8.62. The Bertz CT molecular complexity index is 888. The Morgan fingerprint density at radius 3 is 2.48 bits per heavy atom. The summed E-state index contributed by atoms with van der Waals surface area (Å²) in [6.07, 6.45) is 1.72. The van der Waals surface area contributed by atoms with E-state index in [9.17, 15) is 0 Å². The molecule has 0 fully saturated rings. The number of nitrogens with zero attached hydrogens (tertiary/aromatic N) is 4. The molecule has 0 spiro atoms. The molecule has 142 valence electrons. The van der Waals surface area contributed by atoms with Crippen LogP contribution in [0.15, 0.2) is 59.9 Å². The summed E-state index contributed by atoms with van der Waals surface area (Å²) in [6.45, 7) is 5.48. The molecule has 3 rings (SSSR count). The predicted molar refractivity (Wildman–Crippen MR) is 120 cm³/mol. The number of guanidine groups is 1. The summed E-state index contributed by atoms with van der Waals surface area (Å²) in [5, 5.41) is 14.9. The molecule has 0 radical (unpaired) electrons. The number of aryl methyl sites for hydroxylation is 2. The van der Waals surface area contributed by atoms with Crippen molar-refractivity contribution in [3.8, 4) is 5.69 Å². The van der Waals surface area contributed by atoms with Crippen LogP contribution < -0.4 is 10.6 Å². The summed E-state index contributed by atoms with van der Waals surface area (Å²) in [7, 11) is 1.76. The molecule has 27 heavy (non-hydrogen) atoms.